The molecule has 1 aliphatic heterocycles. The van der Waals surface area contributed by atoms with Gasteiger partial charge in [-0.1, -0.05) is 0 Å². The maximum absolute atomic E-state index is 10.8. The van der Waals surface area contributed by atoms with Crippen LogP contribution < -0.4 is 0 Å². The number of aliphatic hydroxyl groups is 3. The summed E-state index contributed by atoms with van der Waals surface area (Å²) in [6, 6.07) is 0. The van der Waals surface area contributed by atoms with Crippen molar-refractivity contribution in [3.8, 4) is 0 Å². The molecule has 9 nitrogen and oxygen atoms in total. The first-order valence-electron chi connectivity index (χ1n) is 3.94. The van der Waals surface area contributed by atoms with Crippen LogP contribution in [0.5, 0.6) is 0 Å². The van der Waals surface area contributed by atoms with Crippen LogP contribution in [0, 0.1) is 0 Å². The monoisotopic (exact) mass is 256 g/mol. The zero-order chi connectivity index (χ0) is 12.5. The number of carbonyl (C=O) groups excluding carboxylic acids is 1. The van der Waals surface area contributed by atoms with Crippen LogP contribution in [0.3, 0.4) is 0 Å². The number of esters is 1. The van der Waals surface area contributed by atoms with Crippen LogP contribution in [0.1, 0.15) is 0 Å². The van der Waals surface area contributed by atoms with Crippen LogP contribution in [0.2, 0.25) is 0 Å². The van der Waals surface area contributed by atoms with Crippen molar-refractivity contribution in [2.45, 2.75) is 12.2 Å². The predicted octanol–water partition coefficient (Wildman–Crippen LogP) is -1.86. The lowest BCUT2D eigenvalue weighted by atomic mass is 10.2. The summed E-state index contributed by atoms with van der Waals surface area (Å²) in [4.78, 5) is 27.8. The van der Waals surface area contributed by atoms with E-state index in [0.717, 1.165) is 0 Å². The molecule has 0 saturated carbocycles. The fourth-order valence-corrected chi connectivity index (χ4v) is 1.48. The van der Waals surface area contributed by atoms with E-state index < -0.39 is 44.1 Å². The molecule has 5 N–H and O–H groups in total. The summed E-state index contributed by atoms with van der Waals surface area (Å²) in [5.41, 5.74) is 0. The smallest absolute Gasteiger partial charge is 0.499 e. The highest BCUT2D eigenvalue weighted by Gasteiger charge is 2.43. The molecule has 2 unspecified atom stereocenters. The maximum Gasteiger partial charge on any atom is 0.524 e. The lowest BCUT2D eigenvalue weighted by Crippen LogP contribution is -2.32. The fourth-order valence-electron chi connectivity index (χ4n) is 1.03. The Morgan fingerprint density at radius 3 is 2.50 bits per heavy atom. The molecule has 0 bridgehead atoms. The van der Waals surface area contributed by atoms with Crippen molar-refractivity contribution in [1.82, 2.24) is 0 Å². The molecule has 0 saturated heterocycles. The third-order valence-corrected chi connectivity index (χ3v) is 2.11. The summed E-state index contributed by atoms with van der Waals surface area (Å²) in [7, 11) is -5.01. The minimum absolute atomic E-state index is 0.848. The Labute approximate surface area is 88.8 Å². The van der Waals surface area contributed by atoms with Crippen LogP contribution in [-0.4, -0.2) is 49.9 Å². The summed E-state index contributed by atoms with van der Waals surface area (Å²) in [5.74, 6) is -3.36. The molecule has 1 heterocycles. The van der Waals surface area contributed by atoms with E-state index in [1.807, 2.05) is 0 Å². The minimum atomic E-state index is -5.01. The normalized spacial score (nSPS) is 23.2. The second-order valence-electron chi connectivity index (χ2n) is 2.87. The second-order valence-corrected chi connectivity index (χ2v) is 4.03. The topological polar surface area (TPSA) is 154 Å². The third kappa shape index (κ3) is 2.71. The van der Waals surface area contributed by atoms with Crippen molar-refractivity contribution in [1.29, 1.82) is 0 Å². The Hall–Kier alpha value is -1.12. The quantitative estimate of drug-likeness (QED) is 0.288. The number of aliphatic hydroxyl groups excluding tert-OH is 3. The number of phosphoric ester groups is 1. The van der Waals surface area contributed by atoms with Crippen LogP contribution in [0.25, 0.3) is 0 Å². The number of ether oxygens (including phenoxy) is 1. The van der Waals surface area contributed by atoms with Gasteiger partial charge in [0.05, 0.1) is 6.61 Å². The molecule has 92 valence electrons. The van der Waals surface area contributed by atoms with Crippen LogP contribution in [0.4, 0.5) is 0 Å². The van der Waals surface area contributed by atoms with E-state index in [0.29, 0.717) is 0 Å². The van der Waals surface area contributed by atoms with Gasteiger partial charge in [0.25, 0.3) is 0 Å². The first kappa shape index (κ1) is 12.9. The van der Waals surface area contributed by atoms with Crippen LogP contribution >= 0.6 is 7.82 Å². The Kier molecular flexibility index (Phi) is 3.56. The van der Waals surface area contributed by atoms with E-state index in [1.54, 1.807) is 0 Å². The average Bonchev–Trinajstić information content (AvgIpc) is 2.43. The molecule has 0 amide bonds. The van der Waals surface area contributed by atoms with Crippen molar-refractivity contribution < 1.29 is 43.7 Å². The van der Waals surface area contributed by atoms with Gasteiger partial charge in [-0.15, -0.1) is 0 Å². The largest absolute Gasteiger partial charge is 0.524 e. The van der Waals surface area contributed by atoms with Crippen LogP contribution in [0.15, 0.2) is 11.5 Å². The number of carbonyl (C=O) groups is 1. The summed E-state index contributed by atoms with van der Waals surface area (Å²) < 4.78 is 18.9. The average molecular weight is 256 g/mol. The molecule has 1 aliphatic rings. The number of rotatable bonds is 4. The summed E-state index contributed by atoms with van der Waals surface area (Å²) in [6.07, 6.45) is -3.31. The molecule has 0 aromatic carbocycles. The van der Waals surface area contributed by atoms with Gasteiger partial charge in [-0.05, 0) is 0 Å². The molecule has 1 rings (SSSR count). The number of hydrogen-bond donors (Lipinski definition) is 5. The highest BCUT2D eigenvalue weighted by molar-refractivity contribution is 7.46. The van der Waals surface area contributed by atoms with E-state index in [1.165, 1.54) is 0 Å². The molecule has 2 atom stereocenters. The molecule has 0 aliphatic carbocycles. The number of cyclic esters (lactones) is 1. The molecule has 16 heavy (non-hydrogen) atoms. The van der Waals surface area contributed by atoms with E-state index >= 15 is 0 Å². The van der Waals surface area contributed by atoms with Crippen molar-refractivity contribution >= 4 is 13.8 Å². The molecule has 0 aromatic rings. The van der Waals surface area contributed by atoms with Crippen LogP contribution in [-0.2, 0) is 18.6 Å². The maximum atomic E-state index is 10.8. The highest BCUT2D eigenvalue weighted by atomic mass is 31.2. The van der Waals surface area contributed by atoms with E-state index in [-0.39, 0.29) is 0 Å². The molecule has 0 radical (unpaired) electrons. The van der Waals surface area contributed by atoms with Crippen molar-refractivity contribution in [3.05, 3.63) is 11.5 Å². The van der Waals surface area contributed by atoms with E-state index in [2.05, 4.69) is 9.26 Å². The Bertz CT molecular complexity index is 368. The van der Waals surface area contributed by atoms with Crippen molar-refractivity contribution in [2.75, 3.05) is 6.61 Å². The molecular weight excluding hydrogens is 247 g/mol. The first-order chi connectivity index (χ1) is 7.26. The first-order valence-corrected chi connectivity index (χ1v) is 5.47. The van der Waals surface area contributed by atoms with Gasteiger partial charge in [-0.25, -0.2) is 9.36 Å². The van der Waals surface area contributed by atoms with Gasteiger partial charge in [0.1, 0.15) is 6.10 Å². The zero-order valence-electron chi connectivity index (χ0n) is 7.68. The Morgan fingerprint density at radius 2 is 2.06 bits per heavy atom. The predicted molar refractivity (Wildman–Crippen MR) is 45.8 cm³/mol. The zero-order valence-corrected chi connectivity index (χ0v) is 8.57. The SMILES string of the molecule is O=C1OC(C(O)CO)C(OP(=O)(O)O)=C1O. The number of phosphoric acid groups is 1. The molecule has 0 fully saturated rings. The van der Waals surface area contributed by atoms with Gasteiger partial charge in [0.15, 0.2) is 6.10 Å². The van der Waals surface area contributed by atoms with Gasteiger partial charge in [0.2, 0.25) is 11.5 Å². The Balaban J connectivity index is 2.98. The molecule has 10 heteroatoms. The lowest BCUT2D eigenvalue weighted by molar-refractivity contribution is -0.147. The van der Waals surface area contributed by atoms with Gasteiger partial charge >= 0.3 is 13.8 Å². The molecular formula is C6H9O9P. The van der Waals surface area contributed by atoms with Gasteiger partial charge in [0, 0.05) is 0 Å². The standard InChI is InChI=1S/C6H9O9P/c7-1-2(8)4-5(15-16(11,12)13)3(9)6(10)14-4/h2,4,7-9H,1H2,(H2,11,12,13). The number of hydrogen-bond acceptors (Lipinski definition) is 7. The third-order valence-electron chi connectivity index (χ3n) is 1.67. The second kappa shape index (κ2) is 4.40. The lowest BCUT2D eigenvalue weighted by Gasteiger charge is -2.18. The van der Waals surface area contributed by atoms with E-state index in [9.17, 15) is 9.36 Å². The Morgan fingerprint density at radius 1 is 1.50 bits per heavy atom. The molecule has 0 aromatic heterocycles. The van der Waals surface area contributed by atoms with Gasteiger partial charge in [-0.2, -0.15) is 0 Å². The van der Waals surface area contributed by atoms with Crippen molar-refractivity contribution in [2.24, 2.45) is 0 Å². The summed E-state index contributed by atoms with van der Waals surface area (Å²) in [5, 5.41) is 26.8. The highest BCUT2D eigenvalue weighted by Crippen LogP contribution is 2.42. The minimum Gasteiger partial charge on any atom is -0.499 e. The summed E-state index contributed by atoms with van der Waals surface area (Å²) in [6.45, 7) is -0.848. The van der Waals surface area contributed by atoms with Gasteiger partial charge in [-0.3, -0.25) is 9.79 Å². The fraction of sp³-hybridized carbons (Fsp3) is 0.500. The van der Waals surface area contributed by atoms with E-state index in [4.69, 9.17) is 25.1 Å². The van der Waals surface area contributed by atoms with Crippen molar-refractivity contribution in [3.63, 3.8) is 0 Å². The summed E-state index contributed by atoms with van der Waals surface area (Å²) >= 11 is 0. The molecule has 0 spiro atoms. The van der Waals surface area contributed by atoms with Gasteiger partial charge < -0.3 is 24.6 Å².